The Morgan fingerprint density at radius 3 is 1.25 bits per heavy atom. The Kier molecular flexibility index (Phi) is 46.2. The molecule has 1 aromatic carbocycles. The molecule has 3 aromatic rings. The highest BCUT2D eigenvalue weighted by Gasteiger charge is 2.28. The number of hydrogen-bond acceptors (Lipinski definition) is 14. The molecule has 0 aliphatic heterocycles. The third-order valence-corrected chi connectivity index (χ3v) is 18.4. The number of benzene rings is 1. The van der Waals surface area contributed by atoms with E-state index in [2.05, 4.69) is 79.2 Å². The fourth-order valence-electron chi connectivity index (χ4n) is 12.8. The number of hydrogen-bond donors (Lipinski definition) is 2. The van der Waals surface area contributed by atoms with Gasteiger partial charge in [0.15, 0.2) is 5.82 Å². The summed E-state index contributed by atoms with van der Waals surface area (Å²) in [6.07, 6.45) is 42.3. The summed E-state index contributed by atoms with van der Waals surface area (Å²) >= 11 is 0. The van der Waals surface area contributed by atoms with Crippen molar-refractivity contribution in [1.82, 2.24) is 29.7 Å². The summed E-state index contributed by atoms with van der Waals surface area (Å²) < 4.78 is 25.9. The lowest BCUT2D eigenvalue weighted by Crippen LogP contribution is -2.34. The topological polar surface area (TPSA) is 180 Å². The zero-order valence-electron chi connectivity index (χ0n) is 60.5. The third-order valence-electron chi connectivity index (χ3n) is 18.4. The summed E-state index contributed by atoms with van der Waals surface area (Å²) in [7, 11) is 0. The van der Waals surface area contributed by atoms with Crippen LogP contribution in [-0.2, 0) is 51.2 Å². The number of fused-ring (bicyclic) bond motifs is 3. The third kappa shape index (κ3) is 37.1. The van der Waals surface area contributed by atoms with E-state index in [0.29, 0.717) is 50.1 Å². The SMILES string of the molecule is CCCCCC(CC)OC(=O)CCCCCCCCN(CCCCCCCCC(=O)OC(CC)CCCCC)CCCN(CCCCCCCCC(=O)OC(CC)CCCCC)CCCCCC(=O)OC(C)(C)Cn1c(CNCC)nc2c(N)nc3ccccc3c21. The number of imidazole rings is 1. The first-order valence-corrected chi connectivity index (χ1v) is 38.2. The van der Waals surface area contributed by atoms with Crippen LogP contribution in [0.25, 0.3) is 21.9 Å². The number of anilines is 1. The molecule has 0 aliphatic carbocycles. The first kappa shape index (κ1) is 81.9. The van der Waals surface area contributed by atoms with Gasteiger partial charge in [0.05, 0.1) is 24.1 Å². The molecule has 0 aliphatic rings. The van der Waals surface area contributed by atoms with Gasteiger partial charge in [-0.3, -0.25) is 19.2 Å². The molecule has 2 aromatic heterocycles. The molecule has 0 spiro atoms. The summed E-state index contributed by atoms with van der Waals surface area (Å²) in [4.78, 5) is 66.5. The van der Waals surface area contributed by atoms with Crippen LogP contribution in [0.1, 0.15) is 331 Å². The van der Waals surface area contributed by atoms with Gasteiger partial charge in [0.2, 0.25) is 0 Å². The van der Waals surface area contributed by atoms with E-state index in [9.17, 15) is 19.2 Å². The second kappa shape index (κ2) is 51.9. The van der Waals surface area contributed by atoms with Crippen LogP contribution in [0, 0.1) is 0 Å². The number of carbonyl (C=O) groups excluding carboxylic acids is 4. The van der Waals surface area contributed by atoms with Crippen molar-refractivity contribution in [3.8, 4) is 0 Å². The Bertz CT molecular complexity index is 2330. The predicted molar refractivity (Wildman–Crippen MR) is 383 cm³/mol. The van der Waals surface area contributed by atoms with Crippen molar-refractivity contribution in [1.29, 1.82) is 0 Å². The Balaban J connectivity index is 1.57. The molecule has 15 heteroatoms. The van der Waals surface area contributed by atoms with Gasteiger partial charge in [-0.2, -0.15) is 0 Å². The van der Waals surface area contributed by atoms with Gasteiger partial charge >= 0.3 is 23.9 Å². The molecule has 0 saturated heterocycles. The van der Waals surface area contributed by atoms with E-state index in [4.69, 9.17) is 29.7 Å². The molecular formula is C77H137N7O8. The molecule has 0 radical (unpaired) electrons. The van der Waals surface area contributed by atoms with Crippen molar-refractivity contribution in [2.45, 2.75) is 363 Å². The van der Waals surface area contributed by atoms with Crippen molar-refractivity contribution >= 4 is 51.6 Å². The minimum atomic E-state index is -0.790. The maximum atomic E-state index is 13.6. The lowest BCUT2D eigenvalue weighted by atomic mass is 10.1. The maximum Gasteiger partial charge on any atom is 0.306 e. The smallest absolute Gasteiger partial charge is 0.306 e. The van der Waals surface area contributed by atoms with E-state index in [1.54, 1.807) is 0 Å². The van der Waals surface area contributed by atoms with Crippen molar-refractivity contribution in [2.75, 3.05) is 51.5 Å². The number of ether oxygens (including phenoxy) is 4. The number of rotatable bonds is 61. The van der Waals surface area contributed by atoms with Crippen LogP contribution in [0.5, 0.6) is 0 Å². The quantitative estimate of drug-likeness (QED) is 0.0309. The molecule has 15 nitrogen and oxygen atoms in total. The molecule has 92 heavy (non-hydrogen) atoms. The summed E-state index contributed by atoms with van der Waals surface area (Å²) in [5.74, 6) is 0.977. The molecule has 0 amide bonds. The molecule has 3 N–H and O–H groups in total. The Labute approximate surface area is 561 Å². The van der Waals surface area contributed by atoms with Crippen LogP contribution in [0.3, 0.4) is 0 Å². The number of esters is 4. The number of carbonyl (C=O) groups is 4. The van der Waals surface area contributed by atoms with Gasteiger partial charge in [-0.15, -0.1) is 0 Å². The number of nitrogen functional groups attached to an aromatic ring is 1. The van der Waals surface area contributed by atoms with Gasteiger partial charge in [-0.25, -0.2) is 9.97 Å². The molecule has 0 bridgehead atoms. The van der Waals surface area contributed by atoms with E-state index < -0.39 is 5.60 Å². The molecule has 3 atom stereocenters. The molecule has 3 rings (SSSR count). The van der Waals surface area contributed by atoms with E-state index in [0.717, 1.165) is 216 Å². The number of unbranched alkanes of at least 4 members (excludes halogenated alkanes) is 23. The molecule has 3 unspecified atom stereocenters. The number of aromatic nitrogens is 3. The number of para-hydroxylation sites is 1. The summed E-state index contributed by atoms with van der Waals surface area (Å²) in [5.41, 5.74) is 8.09. The van der Waals surface area contributed by atoms with Gasteiger partial charge in [-0.05, 0) is 181 Å². The minimum absolute atomic E-state index is 0.0233. The monoisotopic (exact) mass is 1290 g/mol. The number of nitrogens with zero attached hydrogens (tertiary/aromatic N) is 5. The molecule has 0 fully saturated rings. The molecule has 528 valence electrons. The van der Waals surface area contributed by atoms with E-state index >= 15 is 0 Å². The Morgan fingerprint density at radius 1 is 0.478 bits per heavy atom. The number of pyridine rings is 1. The van der Waals surface area contributed by atoms with E-state index in [1.165, 1.54) is 89.9 Å². The van der Waals surface area contributed by atoms with Gasteiger partial charge in [0, 0.05) is 31.1 Å². The summed E-state index contributed by atoms with van der Waals surface area (Å²) in [5, 5.41) is 4.39. The van der Waals surface area contributed by atoms with E-state index in [-0.39, 0.29) is 42.2 Å². The second-order valence-electron chi connectivity index (χ2n) is 27.3. The number of nitrogens with two attached hydrogens (primary N) is 1. The van der Waals surface area contributed by atoms with Gasteiger partial charge < -0.3 is 44.4 Å². The van der Waals surface area contributed by atoms with Gasteiger partial charge in [-0.1, -0.05) is 189 Å². The molecular weight excluding hydrogens is 1150 g/mol. The summed E-state index contributed by atoms with van der Waals surface area (Å²) in [6.45, 7) is 27.3. The summed E-state index contributed by atoms with van der Waals surface area (Å²) in [6, 6.07) is 7.99. The van der Waals surface area contributed by atoms with Crippen molar-refractivity contribution < 1.29 is 38.1 Å². The zero-order valence-corrected chi connectivity index (χ0v) is 60.5. The highest BCUT2D eigenvalue weighted by molar-refractivity contribution is 6.06. The fourth-order valence-corrected chi connectivity index (χ4v) is 12.8. The fraction of sp³-hybridized carbons (Fsp3) is 0.818. The van der Waals surface area contributed by atoms with Gasteiger partial charge in [0.25, 0.3) is 0 Å². The first-order chi connectivity index (χ1) is 44.7. The molecule has 0 saturated carbocycles. The normalized spacial score (nSPS) is 12.9. The van der Waals surface area contributed by atoms with Crippen LogP contribution in [0.2, 0.25) is 0 Å². The standard InChI is InChI=1S/C77H137N7O8/c1-10-17-33-47-64(13-4)89-70(85)52-36-26-20-23-29-42-56-82(57-43-30-24-21-27-37-53-71(86)90-65(14-5)48-34-18-11-2)60-46-61-83(58-44-31-25-22-28-38-54-72(87)91-66(15-6)49-35-19-12-3)59-45-32-39-55-73(88)92-77(8,9)63-84-69(62-79-16-7)81-74-75(84)67-50-40-41-51-68(67)80-76(74)78/h40-41,50-51,64-66,79H,10-39,42-49,52-63H2,1-9H3,(H2,78,80). The van der Waals surface area contributed by atoms with Crippen LogP contribution < -0.4 is 11.1 Å². The average Bonchev–Trinajstić information content (AvgIpc) is 1.62. The van der Waals surface area contributed by atoms with Crippen molar-refractivity contribution in [2.24, 2.45) is 0 Å². The first-order valence-electron chi connectivity index (χ1n) is 38.2. The van der Waals surface area contributed by atoms with Crippen LogP contribution in [0.15, 0.2) is 24.3 Å². The lowest BCUT2D eigenvalue weighted by Gasteiger charge is -2.27. The predicted octanol–water partition coefficient (Wildman–Crippen LogP) is 19.1. The molecule has 2 heterocycles. The average molecular weight is 1290 g/mol. The maximum absolute atomic E-state index is 13.6. The largest absolute Gasteiger partial charge is 0.462 e. The number of nitrogens with one attached hydrogen (secondary N) is 1. The highest BCUT2D eigenvalue weighted by Crippen LogP contribution is 2.31. The van der Waals surface area contributed by atoms with Crippen molar-refractivity contribution in [3.63, 3.8) is 0 Å². The Morgan fingerprint density at radius 2 is 0.848 bits per heavy atom. The van der Waals surface area contributed by atoms with Crippen LogP contribution >= 0.6 is 0 Å². The second-order valence-corrected chi connectivity index (χ2v) is 27.3. The minimum Gasteiger partial charge on any atom is -0.462 e. The van der Waals surface area contributed by atoms with E-state index in [1.807, 2.05) is 32.0 Å². The van der Waals surface area contributed by atoms with Crippen LogP contribution in [-0.4, -0.2) is 118 Å². The lowest BCUT2D eigenvalue weighted by molar-refractivity contribution is -0.158. The van der Waals surface area contributed by atoms with Crippen LogP contribution in [0.4, 0.5) is 5.82 Å². The zero-order chi connectivity index (χ0) is 66.9. The highest BCUT2D eigenvalue weighted by atomic mass is 16.6. The van der Waals surface area contributed by atoms with Crippen molar-refractivity contribution in [3.05, 3.63) is 30.1 Å². The Hall–Kier alpha value is -4.34. The van der Waals surface area contributed by atoms with Gasteiger partial charge in [0.1, 0.15) is 35.3 Å².